The largest absolute Gasteiger partial charge is 0.311 e. The number of nitrogens with one attached hydrogen (secondary N) is 1. The summed E-state index contributed by atoms with van der Waals surface area (Å²) in [5.41, 5.74) is 0.919. The Balaban J connectivity index is 1.41. The lowest BCUT2D eigenvalue weighted by atomic mass is 9.74. The second-order valence-electron chi connectivity index (χ2n) is 7.06. The Hall–Kier alpha value is -0.890. The molecule has 2 aliphatic carbocycles. The first-order valence-corrected chi connectivity index (χ1v) is 8.76. The first kappa shape index (κ1) is 15.0. The van der Waals surface area contributed by atoms with Crippen molar-refractivity contribution in [1.29, 1.82) is 0 Å². The van der Waals surface area contributed by atoms with Gasteiger partial charge in [0.1, 0.15) is 5.82 Å². The highest BCUT2D eigenvalue weighted by atomic mass is 19.1. The van der Waals surface area contributed by atoms with Gasteiger partial charge in [0, 0.05) is 12.1 Å². The van der Waals surface area contributed by atoms with Crippen molar-refractivity contribution < 1.29 is 4.39 Å². The first-order chi connectivity index (χ1) is 10.3. The highest BCUT2D eigenvalue weighted by Crippen LogP contribution is 2.39. The normalized spacial score (nSPS) is 32.7. The monoisotopic (exact) mass is 289 g/mol. The van der Waals surface area contributed by atoms with E-state index in [0.717, 1.165) is 24.3 Å². The molecule has 1 nitrogen and oxygen atoms in total. The third kappa shape index (κ3) is 3.66. The summed E-state index contributed by atoms with van der Waals surface area (Å²) in [7, 11) is 0. The zero-order chi connectivity index (χ0) is 14.7. The molecule has 2 aliphatic rings. The molecule has 2 saturated carbocycles. The number of benzene rings is 1. The molecule has 0 spiro atoms. The van der Waals surface area contributed by atoms with E-state index in [1.807, 2.05) is 12.1 Å². The lowest BCUT2D eigenvalue weighted by Crippen LogP contribution is -2.46. The van der Waals surface area contributed by atoms with Gasteiger partial charge in [-0.1, -0.05) is 38.0 Å². The molecule has 3 rings (SSSR count). The predicted octanol–water partition coefficient (Wildman–Crippen LogP) is 5.02. The maximum atomic E-state index is 13.7. The van der Waals surface area contributed by atoms with Crippen LogP contribution < -0.4 is 5.32 Å². The van der Waals surface area contributed by atoms with Crippen molar-refractivity contribution in [2.75, 3.05) is 0 Å². The molecule has 0 saturated heterocycles. The lowest BCUT2D eigenvalue weighted by Gasteiger charge is -2.40. The van der Waals surface area contributed by atoms with Crippen LogP contribution in [-0.4, -0.2) is 12.1 Å². The molecule has 0 heterocycles. The molecule has 1 aromatic carbocycles. The van der Waals surface area contributed by atoms with Crippen molar-refractivity contribution in [2.45, 2.75) is 76.3 Å². The Morgan fingerprint density at radius 2 is 1.76 bits per heavy atom. The van der Waals surface area contributed by atoms with Gasteiger partial charge in [0.15, 0.2) is 0 Å². The number of rotatable bonds is 5. The minimum absolute atomic E-state index is 0.0268. The smallest absolute Gasteiger partial charge is 0.126 e. The van der Waals surface area contributed by atoms with Crippen molar-refractivity contribution in [3.05, 3.63) is 35.6 Å². The van der Waals surface area contributed by atoms with Crippen LogP contribution in [0.1, 0.15) is 69.8 Å². The molecule has 2 fully saturated rings. The summed E-state index contributed by atoms with van der Waals surface area (Å²) in [4.78, 5) is 0. The molecule has 0 aromatic heterocycles. The van der Waals surface area contributed by atoms with Crippen molar-refractivity contribution in [1.82, 2.24) is 5.32 Å². The molecule has 0 atom stereocenters. The fourth-order valence-electron chi connectivity index (χ4n) is 4.17. The van der Waals surface area contributed by atoms with E-state index in [9.17, 15) is 4.39 Å². The van der Waals surface area contributed by atoms with E-state index in [2.05, 4.69) is 12.2 Å². The average molecular weight is 289 g/mol. The summed E-state index contributed by atoms with van der Waals surface area (Å²) in [6.45, 7) is 2.29. The van der Waals surface area contributed by atoms with E-state index in [0.29, 0.717) is 18.0 Å². The number of halogens is 1. The SMILES string of the molecule is CCCC1CCC(NC2CC(c3ccccc3F)C2)CC1. The Labute approximate surface area is 128 Å². The fraction of sp³-hybridized carbons (Fsp3) is 0.684. The summed E-state index contributed by atoms with van der Waals surface area (Å²) in [6.07, 6.45) is 10.4. The lowest BCUT2D eigenvalue weighted by molar-refractivity contribution is 0.210. The van der Waals surface area contributed by atoms with Crippen molar-refractivity contribution in [3.8, 4) is 0 Å². The first-order valence-electron chi connectivity index (χ1n) is 8.76. The molecular weight excluding hydrogens is 261 g/mol. The van der Waals surface area contributed by atoms with Crippen molar-refractivity contribution in [3.63, 3.8) is 0 Å². The molecule has 0 bridgehead atoms. The molecule has 21 heavy (non-hydrogen) atoms. The standard InChI is InChI=1S/C19H28FN/c1-2-5-14-8-10-16(11-9-14)21-17-12-15(13-17)18-6-3-4-7-19(18)20/h3-4,6-7,14-17,21H,2,5,8-13H2,1H3. The second kappa shape index (κ2) is 6.91. The van der Waals surface area contributed by atoms with Gasteiger partial charge in [0.25, 0.3) is 0 Å². The van der Waals surface area contributed by atoms with Gasteiger partial charge >= 0.3 is 0 Å². The van der Waals surface area contributed by atoms with Crippen LogP contribution in [0, 0.1) is 11.7 Å². The van der Waals surface area contributed by atoms with Gasteiger partial charge in [0.2, 0.25) is 0 Å². The molecule has 116 valence electrons. The topological polar surface area (TPSA) is 12.0 Å². The Bertz CT molecular complexity index is 445. The van der Waals surface area contributed by atoms with Gasteiger partial charge in [0.05, 0.1) is 0 Å². The summed E-state index contributed by atoms with van der Waals surface area (Å²) < 4.78 is 13.7. The zero-order valence-electron chi connectivity index (χ0n) is 13.2. The quantitative estimate of drug-likeness (QED) is 0.802. The maximum absolute atomic E-state index is 13.7. The van der Waals surface area contributed by atoms with Gasteiger partial charge in [-0.05, 0) is 62.0 Å². The summed E-state index contributed by atoms with van der Waals surface area (Å²) in [5.74, 6) is 1.38. The summed E-state index contributed by atoms with van der Waals surface area (Å²) in [5, 5.41) is 3.81. The highest BCUT2D eigenvalue weighted by Gasteiger charge is 2.33. The molecule has 0 radical (unpaired) electrons. The van der Waals surface area contributed by atoms with Gasteiger partial charge in [-0.25, -0.2) is 4.39 Å². The summed E-state index contributed by atoms with van der Waals surface area (Å²) in [6, 6.07) is 8.60. The number of hydrogen-bond acceptors (Lipinski definition) is 1. The summed E-state index contributed by atoms with van der Waals surface area (Å²) >= 11 is 0. The minimum Gasteiger partial charge on any atom is -0.311 e. The van der Waals surface area contributed by atoms with Crippen LogP contribution in [0.3, 0.4) is 0 Å². The molecule has 0 aliphatic heterocycles. The molecule has 0 amide bonds. The number of hydrogen-bond donors (Lipinski definition) is 1. The molecule has 2 heteroatoms. The van der Waals surface area contributed by atoms with E-state index in [-0.39, 0.29) is 5.82 Å². The molecule has 0 unspecified atom stereocenters. The zero-order valence-corrected chi connectivity index (χ0v) is 13.2. The van der Waals surface area contributed by atoms with Gasteiger partial charge in [-0.3, -0.25) is 0 Å². The highest BCUT2D eigenvalue weighted by molar-refractivity contribution is 5.24. The van der Waals surface area contributed by atoms with E-state index in [4.69, 9.17) is 0 Å². The molecule has 1 N–H and O–H groups in total. The van der Waals surface area contributed by atoms with Gasteiger partial charge in [-0.2, -0.15) is 0 Å². The second-order valence-corrected chi connectivity index (χ2v) is 7.06. The van der Waals surface area contributed by atoms with Crippen LogP contribution in [0.25, 0.3) is 0 Å². The van der Waals surface area contributed by atoms with E-state index in [1.54, 1.807) is 12.1 Å². The van der Waals surface area contributed by atoms with Crippen molar-refractivity contribution >= 4 is 0 Å². The van der Waals surface area contributed by atoms with E-state index in [1.165, 1.54) is 38.5 Å². The Morgan fingerprint density at radius 1 is 1.05 bits per heavy atom. The van der Waals surface area contributed by atoms with Crippen LogP contribution in [-0.2, 0) is 0 Å². The fourth-order valence-corrected chi connectivity index (χ4v) is 4.17. The molecular formula is C19H28FN. The van der Waals surface area contributed by atoms with Crippen LogP contribution >= 0.6 is 0 Å². The maximum Gasteiger partial charge on any atom is 0.126 e. The molecule has 1 aromatic rings. The van der Waals surface area contributed by atoms with E-state index >= 15 is 0 Å². The Kier molecular flexibility index (Phi) is 4.95. The van der Waals surface area contributed by atoms with Crippen LogP contribution in [0.5, 0.6) is 0 Å². The average Bonchev–Trinajstić information content (AvgIpc) is 2.46. The Morgan fingerprint density at radius 3 is 2.43 bits per heavy atom. The van der Waals surface area contributed by atoms with Gasteiger partial charge < -0.3 is 5.32 Å². The third-order valence-electron chi connectivity index (χ3n) is 5.50. The minimum atomic E-state index is -0.0268. The van der Waals surface area contributed by atoms with Gasteiger partial charge in [-0.15, -0.1) is 0 Å². The van der Waals surface area contributed by atoms with Crippen LogP contribution in [0.2, 0.25) is 0 Å². The van der Waals surface area contributed by atoms with Crippen LogP contribution in [0.4, 0.5) is 4.39 Å². The van der Waals surface area contributed by atoms with Crippen molar-refractivity contribution in [2.24, 2.45) is 5.92 Å². The van der Waals surface area contributed by atoms with Crippen LogP contribution in [0.15, 0.2) is 24.3 Å². The van der Waals surface area contributed by atoms with E-state index < -0.39 is 0 Å². The predicted molar refractivity (Wildman–Crippen MR) is 86.0 cm³/mol. The third-order valence-corrected chi connectivity index (χ3v) is 5.50.